The first-order valence-electron chi connectivity index (χ1n) is 4.74. The van der Waals surface area contributed by atoms with Gasteiger partial charge in [0.1, 0.15) is 16.1 Å². The third kappa shape index (κ3) is 2.39. The molecule has 1 heterocycles. The van der Waals surface area contributed by atoms with E-state index in [4.69, 9.17) is 28.9 Å². The molecule has 17 heavy (non-hydrogen) atoms. The topological polar surface area (TPSA) is 51.8 Å². The van der Waals surface area contributed by atoms with Gasteiger partial charge in [0.25, 0.3) is 0 Å². The summed E-state index contributed by atoms with van der Waals surface area (Å²) in [6.45, 7) is 1.82. The van der Waals surface area contributed by atoms with Gasteiger partial charge in [-0.05, 0) is 28.9 Å². The molecule has 2 aromatic rings. The van der Waals surface area contributed by atoms with Crippen LogP contribution in [-0.2, 0) is 0 Å². The zero-order valence-corrected chi connectivity index (χ0v) is 11.9. The maximum absolute atomic E-state index is 6.12. The molecule has 1 aromatic carbocycles. The molecule has 0 atom stereocenters. The fourth-order valence-electron chi connectivity index (χ4n) is 1.40. The summed E-state index contributed by atoms with van der Waals surface area (Å²) in [6.07, 6.45) is 0. The number of nitrogen functional groups attached to an aromatic ring is 1. The minimum absolute atomic E-state index is 0.329. The van der Waals surface area contributed by atoms with E-state index in [-0.39, 0.29) is 0 Å². The first-order valence-corrected chi connectivity index (χ1v) is 6.29. The minimum atomic E-state index is 0.329. The van der Waals surface area contributed by atoms with Crippen molar-refractivity contribution >= 4 is 44.9 Å². The molecule has 0 aliphatic carbocycles. The highest BCUT2D eigenvalue weighted by atomic mass is 79.9. The average molecular weight is 333 g/mol. The van der Waals surface area contributed by atoms with Crippen LogP contribution in [0.15, 0.2) is 22.8 Å². The molecule has 0 unspecified atom stereocenters. The van der Waals surface area contributed by atoms with Gasteiger partial charge in [0.15, 0.2) is 0 Å². The van der Waals surface area contributed by atoms with Crippen LogP contribution < -0.4 is 5.73 Å². The third-order valence-electron chi connectivity index (χ3n) is 2.25. The lowest BCUT2D eigenvalue weighted by molar-refractivity contribution is 1.10. The number of aryl methyl sites for hydroxylation is 1. The van der Waals surface area contributed by atoms with Crippen molar-refractivity contribution in [3.63, 3.8) is 0 Å². The molecule has 0 fully saturated rings. The second-order valence-electron chi connectivity index (χ2n) is 3.44. The van der Waals surface area contributed by atoms with Gasteiger partial charge in [0.05, 0.1) is 15.7 Å². The Morgan fingerprint density at radius 3 is 2.65 bits per heavy atom. The number of hydrogen-bond acceptors (Lipinski definition) is 3. The largest absolute Gasteiger partial charge is 0.382 e. The van der Waals surface area contributed by atoms with Crippen molar-refractivity contribution in [1.29, 1.82) is 0 Å². The Hall–Kier alpha value is -0.840. The molecule has 0 saturated carbocycles. The number of halogens is 3. The van der Waals surface area contributed by atoms with Gasteiger partial charge in [0.2, 0.25) is 0 Å². The van der Waals surface area contributed by atoms with E-state index in [9.17, 15) is 0 Å². The molecular weight excluding hydrogens is 325 g/mol. The first kappa shape index (κ1) is 12.6. The highest BCUT2D eigenvalue weighted by Gasteiger charge is 2.13. The Kier molecular flexibility index (Phi) is 3.56. The lowest BCUT2D eigenvalue weighted by Gasteiger charge is -2.09. The van der Waals surface area contributed by atoms with Crippen molar-refractivity contribution in [2.75, 3.05) is 5.73 Å². The molecule has 0 amide bonds. The van der Waals surface area contributed by atoms with Gasteiger partial charge in [0, 0.05) is 5.56 Å². The molecule has 6 heteroatoms. The normalized spacial score (nSPS) is 10.6. The van der Waals surface area contributed by atoms with Gasteiger partial charge in [-0.15, -0.1) is 0 Å². The van der Waals surface area contributed by atoms with Crippen LogP contribution in [0.4, 0.5) is 5.82 Å². The van der Waals surface area contributed by atoms with Crippen LogP contribution in [0.25, 0.3) is 11.3 Å². The second kappa shape index (κ2) is 4.80. The number of nitrogens with two attached hydrogens (primary N) is 1. The molecule has 0 bridgehead atoms. The van der Waals surface area contributed by atoms with Gasteiger partial charge in [-0.1, -0.05) is 35.3 Å². The number of anilines is 1. The van der Waals surface area contributed by atoms with E-state index in [1.54, 1.807) is 18.2 Å². The Bertz CT molecular complexity index is 587. The van der Waals surface area contributed by atoms with E-state index in [0.29, 0.717) is 31.7 Å². The molecule has 3 nitrogen and oxygen atoms in total. The van der Waals surface area contributed by atoms with E-state index in [2.05, 4.69) is 25.9 Å². The fraction of sp³-hybridized carbons (Fsp3) is 0.0909. The lowest BCUT2D eigenvalue weighted by Crippen LogP contribution is -2.00. The van der Waals surface area contributed by atoms with E-state index >= 15 is 0 Å². The summed E-state index contributed by atoms with van der Waals surface area (Å²) in [5.74, 6) is 0.329. The summed E-state index contributed by atoms with van der Waals surface area (Å²) >= 11 is 15.4. The van der Waals surface area contributed by atoms with Gasteiger partial charge < -0.3 is 5.73 Å². The van der Waals surface area contributed by atoms with Crippen LogP contribution in [0.2, 0.25) is 10.0 Å². The Balaban J connectivity index is 2.69. The Morgan fingerprint density at radius 1 is 1.24 bits per heavy atom. The molecular formula is C11H8BrCl2N3. The summed E-state index contributed by atoms with van der Waals surface area (Å²) in [6, 6.07) is 5.30. The Labute approximate surface area is 117 Å². The van der Waals surface area contributed by atoms with Gasteiger partial charge in [-0.25, -0.2) is 9.97 Å². The monoisotopic (exact) mass is 331 g/mol. The number of hydrogen-bond donors (Lipinski definition) is 1. The SMILES string of the molecule is Cc1nc(N)c(-c2cccc(Cl)c2Cl)nc1Br. The standard InChI is InChI=1S/C11H8BrCl2N3/c1-5-10(12)17-9(11(15)16-5)6-3-2-4-7(13)8(6)14/h2-4H,1H3,(H2,15,16). The number of nitrogens with zero attached hydrogens (tertiary/aromatic N) is 2. The zero-order valence-electron chi connectivity index (χ0n) is 8.84. The van der Waals surface area contributed by atoms with Crippen molar-refractivity contribution in [3.8, 4) is 11.3 Å². The highest BCUT2D eigenvalue weighted by Crippen LogP contribution is 2.35. The van der Waals surface area contributed by atoms with Crippen LogP contribution in [-0.4, -0.2) is 9.97 Å². The number of aromatic nitrogens is 2. The molecule has 88 valence electrons. The Morgan fingerprint density at radius 2 is 1.94 bits per heavy atom. The van der Waals surface area contributed by atoms with Gasteiger partial charge in [-0.2, -0.15) is 0 Å². The van der Waals surface area contributed by atoms with Crippen molar-refractivity contribution in [2.45, 2.75) is 6.92 Å². The quantitative estimate of drug-likeness (QED) is 0.855. The summed E-state index contributed by atoms with van der Waals surface area (Å²) < 4.78 is 0.637. The van der Waals surface area contributed by atoms with E-state index < -0.39 is 0 Å². The number of rotatable bonds is 1. The maximum Gasteiger partial charge on any atom is 0.150 e. The van der Waals surface area contributed by atoms with Gasteiger partial charge >= 0.3 is 0 Å². The zero-order chi connectivity index (χ0) is 12.6. The lowest BCUT2D eigenvalue weighted by atomic mass is 10.1. The van der Waals surface area contributed by atoms with Crippen molar-refractivity contribution in [1.82, 2.24) is 9.97 Å². The summed E-state index contributed by atoms with van der Waals surface area (Å²) in [5, 5.41) is 0.882. The molecule has 0 spiro atoms. The number of benzene rings is 1. The van der Waals surface area contributed by atoms with Crippen molar-refractivity contribution in [3.05, 3.63) is 38.5 Å². The predicted octanol–water partition coefficient (Wildman–Crippen LogP) is 4.10. The van der Waals surface area contributed by atoms with Crippen LogP contribution in [0, 0.1) is 6.92 Å². The van der Waals surface area contributed by atoms with E-state index in [0.717, 1.165) is 5.69 Å². The summed E-state index contributed by atoms with van der Waals surface area (Å²) in [4.78, 5) is 8.52. The minimum Gasteiger partial charge on any atom is -0.382 e. The molecule has 0 radical (unpaired) electrons. The first-order chi connectivity index (χ1) is 8.00. The predicted molar refractivity (Wildman–Crippen MR) is 74.3 cm³/mol. The van der Waals surface area contributed by atoms with Crippen LogP contribution >= 0.6 is 39.1 Å². The van der Waals surface area contributed by atoms with Crippen LogP contribution in [0.1, 0.15) is 5.69 Å². The molecule has 0 aliphatic heterocycles. The molecule has 1 aromatic heterocycles. The highest BCUT2D eigenvalue weighted by molar-refractivity contribution is 9.10. The maximum atomic E-state index is 6.12. The third-order valence-corrected chi connectivity index (χ3v) is 3.82. The van der Waals surface area contributed by atoms with Crippen LogP contribution in [0.5, 0.6) is 0 Å². The van der Waals surface area contributed by atoms with E-state index in [1.165, 1.54) is 0 Å². The van der Waals surface area contributed by atoms with Gasteiger partial charge in [-0.3, -0.25) is 0 Å². The summed E-state index contributed by atoms with van der Waals surface area (Å²) in [5.41, 5.74) is 7.77. The molecule has 2 N–H and O–H groups in total. The second-order valence-corrected chi connectivity index (χ2v) is 4.97. The average Bonchev–Trinajstić information content (AvgIpc) is 2.28. The molecule has 2 rings (SSSR count). The molecule has 0 saturated heterocycles. The smallest absolute Gasteiger partial charge is 0.150 e. The van der Waals surface area contributed by atoms with Crippen LogP contribution in [0.3, 0.4) is 0 Å². The summed E-state index contributed by atoms with van der Waals surface area (Å²) in [7, 11) is 0. The van der Waals surface area contributed by atoms with E-state index in [1.807, 2.05) is 6.92 Å². The molecule has 0 aliphatic rings. The van der Waals surface area contributed by atoms with Crippen molar-refractivity contribution in [2.24, 2.45) is 0 Å². The fourth-order valence-corrected chi connectivity index (χ4v) is 2.06. The van der Waals surface area contributed by atoms with Crippen molar-refractivity contribution < 1.29 is 0 Å².